The Labute approximate surface area is 136 Å². The average molecular weight is 317 g/mol. The number of Topliss-reactive ketones (excluding diaryl/α,β-unsaturated/α-hetero) is 1. The van der Waals surface area contributed by atoms with Gasteiger partial charge in [0.25, 0.3) is 0 Å². The van der Waals surface area contributed by atoms with Gasteiger partial charge in [0.05, 0.1) is 5.92 Å². The highest BCUT2D eigenvalue weighted by Crippen LogP contribution is 2.24. The van der Waals surface area contributed by atoms with E-state index in [1.165, 1.54) is 0 Å². The van der Waals surface area contributed by atoms with Crippen LogP contribution in [-0.4, -0.2) is 28.8 Å². The molecule has 0 heterocycles. The molecule has 1 aliphatic rings. The number of hydrogen-bond donors (Lipinski definition) is 2. The summed E-state index contributed by atoms with van der Waals surface area (Å²) < 4.78 is 0. The number of carboxylic acid groups (broad SMARTS) is 1. The Balaban J connectivity index is 1.72. The van der Waals surface area contributed by atoms with Crippen molar-refractivity contribution in [2.24, 2.45) is 5.92 Å². The molecule has 0 aliphatic heterocycles. The van der Waals surface area contributed by atoms with Gasteiger partial charge in [0, 0.05) is 24.4 Å². The first kappa shape index (κ1) is 17.2. The van der Waals surface area contributed by atoms with E-state index in [1.807, 2.05) is 19.1 Å². The molecule has 0 bridgehead atoms. The van der Waals surface area contributed by atoms with Gasteiger partial charge >= 0.3 is 5.97 Å². The number of nitrogens with one attached hydrogen (secondary N) is 1. The molecule has 0 aromatic heterocycles. The van der Waals surface area contributed by atoms with Gasteiger partial charge in [-0.15, -0.1) is 0 Å². The van der Waals surface area contributed by atoms with E-state index in [9.17, 15) is 14.4 Å². The molecule has 5 heteroatoms. The second-order valence-corrected chi connectivity index (χ2v) is 6.24. The van der Waals surface area contributed by atoms with Crippen molar-refractivity contribution in [3.63, 3.8) is 0 Å². The zero-order valence-corrected chi connectivity index (χ0v) is 13.4. The SMILES string of the molecule is Cc1ccc(C(=O)CCC(=O)NC2CCC(C(=O)O)CC2)cc1. The number of rotatable bonds is 6. The van der Waals surface area contributed by atoms with Crippen molar-refractivity contribution >= 4 is 17.7 Å². The third-order valence-corrected chi connectivity index (χ3v) is 4.39. The number of carbonyl (C=O) groups is 3. The summed E-state index contributed by atoms with van der Waals surface area (Å²) in [5.41, 5.74) is 1.72. The van der Waals surface area contributed by atoms with E-state index in [-0.39, 0.29) is 36.5 Å². The summed E-state index contributed by atoms with van der Waals surface area (Å²) in [6.07, 6.45) is 2.94. The molecule has 1 aromatic rings. The van der Waals surface area contributed by atoms with Gasteiger partial charge in [-0.1, -0.05) is 29.8 Å². The number of carboxylic acids is 1. The minimum absolute atomic E-state index is 0.0327. The monoisotopic (exact) mass is 317 g/mol. The molecular formula is C18H23NO4. The number of ketones is 1. The van der Waals surface area contributed by atoms with Crippen LogP contribution in [0.2, 0.25) is 0 Å². The number of aliphatic carboxylic acids is 1. The van der Waals surface area contributed by atoms with Crippen LogP contribution in [0.5, 0.6) is 0 Å². The van der Waals surface area contributed by atoms with Crippen molar-refractivity contribution in [2.75, 3.05) is 0 Å². The quantitative estimate of drug-likeness (QED) is 0.790. The van der Waals surface area contributed by atoms with Crippen molar-refractivity contribution in [3.05, 3.63) is 35.4 Å². The first-order valence-corrected chi connectivity index (χ1v) is 8.07. The third kappa shape index (κ3) is 5.20. The standard InChI is InChI=1S/C18H23NO4/c1-12-2-4-13(5-3-12)16(20)10-11-17(21)19-15-8-6-14(7-9-15)18(22)23/h2-5,14-15H,6-11H2,1H3,(H,19,21)(H,22,23). The van der Waals surface area contributed by atoms with Crippen LogP contribution in [-0.2, 0) is 9.59 Å². The number of amides is 1. The lowest BCUT2D eigenvalue weighted by Crippen LogP contribution is -2.38. The molecule has 1 aromatic carbocycles. The number of carbonyl (C=O) groups excluding carboxylic acids is 2. The molecule has 0 atom stereocenters. The maximum Gasteiger partial charge on any atom is 0.306 e. The molecule has 23 heavy (non-hydrogen) atoms. The Morgan fingerprint density at radius 1 is 1.04 bits per heavy atom. The van der Waals surface area contributed by atoms with Gasteiger partial charge < -0.3 is 10.4 Å². The van der Waals surface area contributed by atoms with Crippen LogP contribution in [0.4, 0.5) is 0 Å². The molecule has 1 saturated carbocycles. The molecule has 5 nitrogen and oxygen atoms in total. The highest BCUT2D eigenvalue weighted by molar-refractivity contribution is 5.98. The van der Waals surface area contributed by atoms with E-state index in [2.05, 4.69) is 5.32 Å². The molecule has 2 rings (SSSR count). The first-order valence-electron chi connectivity index (χ1n) is 8.07. The molecule has 0 radical (unpaired) electrons. The predicted octanol–water partition coefficient (Wildman–Crippen LogP) is 2.72. The van der Waals surface area contributed by atoms with Crippen LogP contribution >= 0.6 is 0 Å². The lowest BCUT2D eigenvalue weighted by Gasteiger charge is -2.26. The summed E-state index contributed by atoms with van der Waals surface area (Å²) >= 11 is 0. The largest absolute Gasteiger partial charge is 0.481 e. The summed E-state index contributed by atoms with van der Waals surface area (Å²) in [5, 5.41) is 11.9. The van der Waals surface area contributed by atoms with E-state index >= 15 is 0 Å². The fraction of sp³-hybridized carbons (Fsp3) is 0.500. The summed E-state index contributed by atoms with van der Waals surface area (Å²) in [4.78, 5) is 34.9. The topological polar surface area (TPSA) is 83.5 Å². The van der Waals surface area contributed by atoms with Crippen LogP contribution in [0.25, 0.3) is 0 Å². The lowest BCUT2D eigenvalue weighted by atomic mass is 9.86. The van der Waals surface area contributed by atoms with Gasteiger partial charge in [-0.3, -0.25) is 14.4 Å². The fourth-order valence-corrected chi connectivity index (χ4v) is 2.90. The van der Waals surface area contributed by atoms with E-state index < -0.39 is 5.97 Å². The summed E-state index contributed by atoms with van der Waals surface area (Å²) in [7, 11) is 0. The van der Waals surface area contributed by atoms with Crippen LogP contribution in [0.3, 0.4) is 0 Å². The third-order valence-electron chi connectivity index (χ3n) is 4.39. The summed E-state index contributed by atoms with van der Waals surface area (Å²) in [6.45, 7) is 1.96. The number of hydrogen-bond acceptors (Lipinski definition) is 3. The van der Waals surface area contributed by atoms with Gasteiger partial charge in [-0.2, -0.15) is 0 Å². The second kappa shape index (κ2) is 7.90. The van der Waals surface area contributed by atoms with Crippen LogP contribution in [0, 0.1) is 12.8 Å². The van der Waals surface area contributed by atoms with Gasteiger partial charge in [-0.05, 0) is 32.6 Å². The molecular weight excluding hydrogens is 294 g/mol. The molecule has 1 amide bonds. The number of aryl methyl sites for hydroxylation is 1. The summed E-state index contributed by atoms with van der Waals surface area (Å²) in [5.74, 6) is -1.20. The maximum atomic E-state index is 12.0. The van der Waals surface area contributed by atoms with Crippen molar-refractivity contribution in [1.29, 1.82) is 0 Å². The average Bonchev–Trinajstić information content (AvgIpc) is 2.54. The molecule has 0 spiro atoms. The normalized spacial score (nSPS) is 20.7. The second-order valence-electron chi connectivity index (χ2n) is 6.24. The first-order chi connectivity index (χ1) is 11.0. The molecule has 0 saturated heterocycles. The highest BCUT2D eigenvalue weighted by Gasteiger charge is 2.26. The van der Waals surface area contributed by atoms with Gasteiger partial charge in [-0.25, -0.2) is 0 Å². The Kier molecular flexibility index (Phi) is 5.90. The molecule has 1 aliphatic carbocycles. The van der Waals surface area contributed by atoms with Gasteiger partial charge in [0.1, 0.15) is 0 Å². The van der Waals surface area contributed by atoms with Crippen molar-refractivity contribution < 1.29 is 19.5 Å². The Morgan fingerprint density at radius 3 is 2.22 bits per heavy atom. The van der Waals surface area contributed by atoms with E-state index in [4.69, 9.17) is 5.11 Å². The van der Waals surface area contributed by atoms with Gasteiger partial charge in [0.15, 0.2) is 5.78 Å². The molecule has 1 fully saturated rings. The smallest absolute Gasteiger partial charge is 0.306 e. The zero-order chi connectivity index (χ0) is 16.8. The number of benzene rings is 1. The van der Waals surface area contributed by atoms with E-state index in [0.717, 1.165) is 5.56 Å². The van der Waals surface area contributed by atoms with Crippen molar-refractivity contribution in [2.45, 2.75) is 51.5 Å². The van der Waals surface area contributed by atoms with Gasteiger partial charge in [0.2, 0.25) is 5.91 Å². The minimum Gasteiger partial charge on any atom is -0.481 e. The Hall–Kier alpha value is -2.17. The fourth-order valence-electron chi connectivity index (χ4n) is 2.90. The predicted molar refractivity (Wildman–Crippen MR) is 86.3 cm³/mol. The lowest BCUT2D eigenvalue weighted by molar-refractivity contribution is -0.142. The maximum absolute atomic E-state index is 12.0. The molecule has 0 unspecified atom stereocenters. The molecule has 124 valence electrons. The van der Waals surface area contributed by atoms with E-state index in [0.29, 0.717) is 31.2 Å². The van der Waals surface area contributed by atoms with Crippen LogP contribution < -0.4 is 5.32 Å². The van der Waals surface area contributed by atoms with Crippen LogP contribution in [0.1, 0.15) is 54.4 Å². The molecule has 2 N–H and O–H groups in total. The van der Waals surface area contributed by atoms with Crippen molar-refractivity contribution in [1.82, 2.24) is 5.32 Å². The summed E-state index contributed by atoms with van der Waals surface area (Å²) in [6, 6.07) is 7.36. The van der Waals surface area contributed by atoms with Crippen molar-refractivity contribution in [3.8, 4) is 0 Å². The Bertz CT molecular complexity index is 571. The van der Waals surface area contributed by atoms with Crippen LogP contribution in [0.15, 0.2) is 24.3 Å². The Morgan fingerprint density at radius 2 is 1.65 bits per heavy atom. The van der Waals surface area contributed by atoms with E-state index in [1.54, 1.807) is 12.1 Å². The highest BCUT2D eigenvalue weighted by atomic mass is 16.4. The zero-order valence-electron chi connectivity index (χ0n) is 13.4. The minimum atomic E-state index is -0.751.